The van der Waals surface area contributed by atoms with Gasteiger partial charge in [-0.3, -0.25) is 14.8 Å². The minimum absolute atomic E-state index is 0.0865. The minimum Gasteiger partial charge on any atom is -0.352 e. The average Bonchev–Trinajstić information content (AvgIpc) is 2.90. The van der Waals surface area contributed by atoms with Crippen LogP contribution in [0.25, 0.3) is 11.0 Å². The molecule has 1 fully saturated rings. The predicted octanol–water partition coefficient (Wildman–Crippen LogP) is 1.49. The predicted molar refractivity (Wildman–Crippen MR) is 77.2 cm³/mol. The first-order valence-corrected chi connectivity index (χ1v) is 6.97. The molecular formula is C15H18N4O. The Balaban J connectivity index is 1.72. The summed E-state index contributed by atoms with van der Waals surface area (Å²) in [6.07, 6.45) is 6.38. The molecule has 5 nitrogen and oxygen atoms in total. The largest absolute Gasteiger partial charge is 0.352 e. The number of fused-ring (bicyclic) bond motifs is 1. The Bertz CT molecular complexity index is 623. The van der Waals surface area contributed by atoms with Crippen molar-refractivity contribution in [3.8, 4) is 0 Å². The van der Waals surface area contributed by atoms with E-state index in [1.54, 1.807) is 18.5 Å². The van der Waals surface area contributed by atoms with Gasteiger partial charge in [0.2, 0.25) is 0 Å². The second-order valence-electron chi connectivity index (χ2n) is 5.38. The van der Waals surface area contributed by atoms with Crippen molar-refractivity contribution in [1.29, 1.82) is 0 Å². The van der Waals surface area contributed by atoms with Crippen molar-refractivity contribution in [1.82, 2.24) is 15.3 Å². The number of benzene rings is 1. The van der Waals surface area contributed by atoms with Gasteiger partial charge >= 0.3 is 0 Å². The average molecular weight is 270 g/mol. The summed E-state index contributed by atoms with van der Waals surface area (Å²) < 4.78 is 0. The van der Waals surface area contributed by atoms with Gasteiger partial charge in [0.15, 0.2) is 0 Å². The number of nitrogens with one attached hydrogen (secondary N) is 1. The Morgan fingerprint density at radius 1 is 1.30 bits per heavy atom. The van der Waals surface area contributed by atoms with Crippen molar-refractivity contribution in [3.63, 3.8) is 0 Å². The number of para-hydroxylation sites is 1. The Morgan fingerprint density at radius 2 is 2.15 bits per heavy atom. The van der Waals surface area contributed by atoms with Crippen LogP contribution < -0.4 is 11.1 Å². The minimum atomic E-state index is -0.0865. The molecular weight excluding hydrogens is 252 g/mol. The Kier molecular flexibility index (Phi) is 3.60. The summed E-state index contributed by atoms with van der Waals surface area (Å²) in [7, 11) is 0. The first-order valence-electron chi connectivity index (χ1n) is 6.97. The van der Waals surface area contributed by atoms with Gasteiger partial charge in [-0.1, -0.05) is 6.07 Å². The number of hydrogen-bond acceptors (Lipinski definition) is 4. The molecule has 1 aromatic carbocycles. The van der Waals surface area contributed by atoms with E-state index in [1.807, 2.05) is 12.1 Å². The van der Waals surface area contributed by atoms with E-state index in [9.17, 15) is 4.79 Å². The molecule has 2 aromatic rings. The third-order valence-electron chi connectivity index (χ3n) is 3.88. The molecule has 0 aliphatic heterocycles. The highest BCUT2D eigenvalue weighted by Crippen LogP contribution is 2.23. The van der Waals surface area contributed by atoms with Crippen LogP contribution in [0.15, 0.2) is 30.6 Å². The fourth-order valence-corrected chi connectivity index (χ4v) is 2.81. The van der Waals surface area contributed by atoms with Gasteiger partial charge in [-0.25, -0.2) is 0 Å². The number of nitrogens with zero attached hydrogens (tertiary/aromatic N) is 2. The Hall–Kier alpha value is -2.01. The summed E-state index contributed by atoms with van der Waals surface area (Å²) in [6, 6.07) is 5.76. The molecule has 2 unspecified atom stereocenters. The third-order valence-corrected chi connectivity index (χ3v) is 3.88. The fraction of sp³-hybridized carbons (Fsp3) is 0.400. The van der Waals surface area contributed by atoms with Crippen LogP contribution in [0.2, 0.25) is 0 Å². The smallest absolute Gasteiger partial charge is 0.253 e. The summed E-state index contributed by atoms with van der Waals surface area (Å²) in [5.41, 5.74) is 7.86. The maximum atomic E-state index is 12.3. The van der Waals surface area contributed by atoms with E-state index in [0.717, 1.165) is 24.8 Å². The van der Waals surface area contributed by atoms with Crippen LogP contribution in [-0.4, -0.2) is 28.5 Å². The number of hydrogen-bond donors (Lipinski definition) is 2. The Morgan fingerprint density at radius 3 is 2.95 bits per heavy atom. The van der Waals surface area contributed by atoms with E-state index in [4.69, 9.17) is 5.73 Å². The second kappa shape index (κ2) is 5.54. The molecule has 1 amide bonds. The molecule has 3 N–H and O–H groups in total. The number of aromatic nitrogens is 2. The standard InChI is InChI=1S/C15H18N4O/c16-11-5-4-10(8-11)9-19-15(20)12-2-1-3-13-14(12)18-7-6-17-13/h1-3,6-7,10-11H,4-5,8-9,16H2,(H,19,20). The van der Waals surface area contributed by atoms with Crippen molar-refractivity contribution < 1.29 is 4.79 Å². The molecule has 5 heteroatoms. The first kappa shape index (κ1) is 13.0. The van der Waals surface area contributed by atoms with Gasteiger partial charge in [0, 0.05) is 25.0 Å². The molecule has 1 heterocycles. The molecule has 0 radical (unpaired) electrons. The topological polar surface area (TPSA) is 80.9 Å². The maximum absolute atomic E-state index is 12.3. The molecule has 0 saturated heterocycles. The quantitative estimate of drug-likeness (QED) is 0.885. The number of nitrogens with two attached hydrogens (primary N) is 1. The summed E-state index contributed by atoms with van der Waals surface area (Å²) in [4.78, 5) is 20.8. The number of rotatable bonds is 3. The molecule has 2 atom stereocenters. The van der Waals surface area contributed by atoms with E-state index in [-0.39, 0.29) is 5.91 Å². The number of carbonyl (C=O) groups excluding carboxylic acids is 1. The van der Waals surface area contributed by atoms with Crippen LogP contribution >= 0.6 is 0 Å². The third kappa shape index (κ3) is 2.63. The monoisotopic (exact) mass is 270 g/mol. The van der Waals surface area contributed by atoms with E-state index < -0.39 is 0 Å². The second-order valence-corrected chi connectivity index (χ2v) is 5.38. The zero-order chi connectivity index (χ0) is 13.9. The van der Waals surface area contributed by atoms with Gasteiger partial charge in [-0.15, -0.1) is 0 Å². The lowest BCUT2D eigenvalue weighted by Gasteiger charge is -2.11. The van der Waals surface area contributed by atoms with Crippen LogP contribution in [0.4, 0.5) is 0 Å². The number of carbonyl (C=O) groups is 1. The molecule has 20 heavy (non-hydrogen) atoms. The van der Waals surface area contributed by atoms with Crippen molar-refractivity contribution in [2.45, 2.75) is 25.3 Å². The summed E-state index contributed by atoms with van der Waals surface area (Å²) in [5.74, 6) is 0.409. The summed E-state index contributed by atoms with van der Waals surface area (Å²) in [5, 5.41) is 2.99. The zero-order valence-corrected chi connectivity index (χ0v) is 11.2. The molecule has 3 rings (SSSR count). The van der Waals surface area contributed by atoms with Gasteiger partial charge in [-0.2, -0.15) is 0 Å². The van der Waals surface area contributed by atoms with Crippen LogP contribution in [0.1, 0.15) is 29.6 Å². The first-order chi connectivity index (χ1) is 9.74. The van der Waals surface area contributed by atoms with Crippen LogP contribution in [-0.2, 0) is 0 Å². The van der Waals surface area contributed by atoms with E-state index in [1.165, 1.54) is 0 Å². The molecule has 104 valence electrons. The lowest BCUT2D eigenvalue weighted by molar-refractivity contribution is 0.0948. The Labute approximate surface area is 117 Å². The van der Waals surface area contributed by atoms with E-state index in [0.29, 0.717) is 29.6 Å². The van der Waals surface area contributed by atoms with Gasteiger partial charge in [-0.05, 0) is 37.3 Å². The van der Waals surface area contributed by atoms with Gasteiger partial charge < -0.3 is 11.1 Å². The summed E-state index contributed by atoms with van der Waals surface area (Å²) >= 11 is 0. The lowest BCUT2D eigenvalue weighted by atomic mass is 10.1. The van der Waals surface area contributed by atoms with Gasteiger partial charge in [0.1, 0.15) is 5.52 Å². The SMILES string of the molecule is NC1CCC(CNC(=O)c2cccc3nccnc23)C1. The van der Waals surface area contributed by atoms with Crippen molar-refractivity contribution in [2.75, 3.05) is 6.54 Å². The molecule has 1 aliphatic carbocycles. The van der Waals surface area contributed by atoms with Crippen LogP contribution in [0, 0.1) is 5.92 Å². The summed E-state index contributed by atoms with van der Waals surface area (Å²) in [6.45, 7) is 0.684. The number of amides is 1. The van der Waals surface area contributed by atoms with Crippen LogP contribution in [0.5, 0.6) is 0 Å². The van der Waals surface area contributed by atoms with Crippen molar-refractivity contribution in [3.05, 3.63) is 36.2 Å². The molecule has 1 aromatic heterocycles. The fourth-order valence-electron chi connectivity index (χ4n) is 2.81. The van der Waals surface area contributed by atoms with Gasteiger partial charge in [0.25, 0.3) is 5.91 Å². The zero-order valence-electron chi connectivity index (χ0n) is 11.2. The molecule has 1 aliphatic rings. The van der Waals surface area contributed by atoms with Crippen LogP contribution in [0.3, 0.4) is 0 Å². The molecule has 1 saturated carbocycles. The highest BCUT2D eigenvalue weighted by Gasteiger charge is 2.22. The molecule has 0 bridgehead atoms. The highest BCUT2D eigenvalue weighted by molar-refractivity contribution is 6.04. The van der Waals surface area contributed by atoms with E-state index >= 15 is 0 Å². The lowest BCUT2D eigenvalue weighted by Crippen LogP contribution is -2.29. The normalized spacial score (nSPS) is 22.1. The van der Waals surface area contributed by atoms with Gasteiger partial charge in [0.05, 0.1) is 11.1 Å². The molecule has 0 spiro atoms. The van der Waals surface area contributed by atoms with Crippen molar-refractivity contribution >= 4 is 16.9 Å². The van der Waals surface area contributed by atoms with Crippen molar-refractivity contribution in [2.24, 2.45) is 11.7 Å². The maximum Gasteiger partial charge on any atom is 0.253 e. The van der Waals surface area contributed by atoms with E-state index in [2.05, 4.69) is 15.3 Å². The highest BCUT2D eigenvalue weighted by atomic mass is 16.1.